The van der Waals surface area contributed by atoms with E-state index < -0.39 is 16.0 Å². The molecule has 160 valence electrons. The summed E-state index contributed by atoms with van der Waals surface area (Å²) in [5, 5.41) is 0. The lowest BCUT2D eigenvalue weighted by Gasteiger charge is -2.20. The first-order valence-electron chi connectivity index (χ1n) is 9.59. The number of hydrogen-bond acceptors (Lipinski definition) is 6. The highest BCUT2D eigenvalue weighted by Gasteiger charge is 2.32. The predicted molar refractivity (Wildman–Crippen MR) is 116 cm³/mol. The minimum absolute atomic E-state index is 0.00182. The fourth-order valence-corrected chi connectivity index (χ4v) is 5.08. The number of methoxy groups -OCH3 is 2. The van der Waals surface area contributed by atoms with E-state index in [-0.39, 0.29) is 22.0 Å². The van der Waals surface area contributed by atoms with Gasteiger partial charge in [0.05, 0.1) is 24.8 Å². The molecule has 3 aromatic carbocycles. The summed E-state index contributed by atoms with van der Waals surface area (Å²) in [5.74, 6) is 0.0620. The fraction of sp³-hybridized carbons (Fsp3) is 0.174. The zero-order chi connectivity index (χ0) is 22.0. The second kappa shape index (κ2) is 8.31. The monoisotopic (exact) mass is 439 g/mol. The average molecular weight is 439 g/mol. The lowest BCUT2D eigenvalue weighted by molar-refractivity contribution is 0.0726. The highest BCUT2D eigenvalue weighted by Crippen LogP contribution is 2.34. The van der Waals surface area contributed by atoms with Crippen molar-refractivity contribution in [1.29, 1.82) is 0 Å². The number of nitrogens with zero attached hydrogens (tertiary/aromatic N) is 1. The second-order valence-corrected chi connectivity index (χ2v) is 8.72. The topological polar surface area (TPSA) is 82.1 Å². The number of carbonyl (C=O) groups excluding carboxylic acids is 1. The zero-order valence-electron chi connectivity index (χ0n) is 17.1. The summed E-state index contributed by atoms with van der Waals surface area (Å²) >= 11 is 0. The Morgan fingerprint density at radius 3 is 2.29 bits per heavy atom. The third-order valence-electron chi connectivity index (χ3n) is 5.10. The van der Waals surface area contributed by atoms with Crippen LogP contribution in [0.4, 0.5) is 5.69 Å². The van der Waals surface area contributed by atoms with Gasteiger partial charge < -0.3 is 14.2 Å². The van der Waals surface area contributed by atoms with Gasteiger partial charge in [-0.25, -0.2) is 13.2 Å². The van der Waals surface area contributed by atoms with Gasteiger partial charge in [-0.05, 0) is 48.4 Å². The molecule has 0 aromatic heterocycles. The maximum absolute atomic E-state index is 13.3. The Morgan fingerprint density at radius 2 is 1.55 bits per heavy atom. The van der Waals surface area contributed by atoms with Crippen LogP contribution in [-0.4, -0.2) is 35.2 Å². The lowest BCUT2D eigenvalue weighted by atomic mass is 10.2. The molecule has 8 heteroatoms. The second-order valence-electron chi connectivity index (χ2n) is 6.86. The number of esters is 1. The average Bonchev–Trinajstić information content (AvgIpc) is 3.24. The Balaban J connectivity index is 1.70. The molecule has 0 bridgehead atoms. The molecule has 1 heterocycles. The highest BCUT2D eigenvalue weighted by molar-refractivity contribution is 7.92. The number of ether oxygens (including phenoxy) is 3. The van der Waals surface area contributed by atoms with Crippen molar-refractivity contribution >= 4 is 21.7 Å². The van der Waals surface area contributed by atoms with Gasteiger partial charge in [-0.15, -0.1) is 0 Å². The minimum Gasteiger partial charge on any atom is -0.496 e. The number of hydrogen-bond donors (Lipinski definition) is 0. The van der Waals surface area contributed by atoms with Crippen LogP contribution in [0.3, 0.4) is 0 Å². The van der Waals surface area contributed by atoms with E-state index in [0.29, 0.717) is 24.4 Å². The smallest absolute Gasteiger partial charge is 0.347 e. The summed E-state index contributed by atoms with van der Waals surface area (Å²) in [5.41, 5.74) is 1.62. The molecule has 0 saturated heterocycles. The summed E-state index contributed by atoms with van der Waals surface area (Å²) < 4.78 is 44.0. The molecule has 0 N–H and O–H groups in total. The van der Waals surface area contributed by atoms with Crippen LogP contribution in [0.1, 0.15) is 15.9 Å². The minimum atomic E-state index is -3.87. The number of fused-ring (bicyclic) bond motifs is 1. The molecule has 0 amide bonds. The number of carbonyl (C=O) groups is 1. The van der Waals surface area contributed by atoms with E-state index in [9.17, 15) is 13.2 Å². The van der Waals surface area contributed by atoms with E-state index in [1.807, 2.05) is 12.1 Å². The molecule has 0 fully saturated rings. The Labute approximate surface area is 180 Å². The summed E-state index contributed by atoms with van der Waals surface area (Å²) in [6.45, 7) is 0.342. The molecule has 1 aliphatic rings. The SMILES string of the molecule is COc1ccccc1OC(=O)c1cc(S(=O)(=O)N2CCc3ccccc32)ccc1OC. The number of rotatable bonds is 6. The Hall–Kier alpha value is -3.52. The first-order chi connectivity index (χ1) is 15.0. The van der Waals surface area contributed by atoms with Crippen molar-refractivity contribution in [3.63, 3.8) is 0 Å². The standard InChI is InChI=1S/C23H21NO6S/c1-28-20-12-11-17(31(26,27)24-14-13-16-7-3-4-8-19(16)24)15-18(20)23(25)30-22-10-6-5-9-21(22)29-2/h3-12,15H,13-14H2,1-2H3. The van der Waals surface area contributed by atoms with Crippen LogP contribution in [0.25, 0.3) is 0 Å². The van der Waals surface area contributed by atoms with Gasteiger partial charge >= 0.3 is 5.97 Å². The summed E-state index contributed by atoms with van der Waals surface area (Å²) in [4.78, 5) is 12.9. The van der Waals surface area contributed by atoms with Crippen LogP contribution in [0.15, 0.2) is 71.6 Å². The van der Waals surface area contributed by atoms with Crippen molar-refractivity contribution < 1.29 is 27.4 Å². The van der Waals surface area contributed by atoms with Gasteiger partial charge in [-0.3, -0.25) is 4.31 Å². The molecule has 0 aliphatic carbocycles. The molecule has 0 unspecified atom stereocenters. The lowest BCUT2D eigenvalue weighted by Crippen LogP contribution is -2.29. The summed E-state index contributed by atoms with van der Waals surface area (Å²) in [7, 11) is -1.00. The van der Waals surface area contributed by atoms with Crippen molar-refractivity contribution in [3.8, 4) is 17.2 Å². The van der Waals surface area contributed by atoms with Gasteiger partial charge in [-0.1, -0.05) is 30.3 Å². The third-order valence-corrected chi connectivity index (χ3v) is 6.90. The molecule has 0 atom stereocenters. The molecule has 0 saturated carbocycles. The molecule has 31 heavy (non-hydrogen) atoms. The van der Waals surface area contributed by atoms with E-state index in [1.165, 1.54) is 36.7 Å². The quantitative estimate of drug-likeness (QED) is 0.431. The van der Waals surface area contributed by atoms with Gasteiger partial charge in [0.2, 0.25) is 0 Å². The zero-order valence-corrected chi connectivity index (χ0v) is 17.9. The largest absolute Gasteiger partial charge is 0.496 e. The first kappa shape index (κ1) is 20.7. The molecule has 1 aliphatic heterocycles. The third kappa shape index (κ3) is 3.82. The molecular weight excluding hydrogens is 418 g/mol. The van der Waals surface area contributed by atoms with Crippen LogP contribution in [0, 0.1) is 0 Å². The van der Waals surface area contributed by atoms with Crippen molar-refractivity contribution in [2.75, 3.05) is 25.1 Å². The van der Waals surface area contributed by atoms with Crippen molar-refractivity contribution in [1.82, 2.24) is 0 Å². The molecule has 3 aromatic rings. The molecule has 0 spiro atoms. The molecule has 4 rings (SSSR count). The van der Waals surface area contributed by atoms with Gasteiger partial charge in [0.1, 0.15) is 11.3 Å². The van der Waals surface area contributed by atoms with Gasteiger partial charge in [0.25, 0.3) is 10.0 Å². The van der Waals surface area contributed by atoms with E-state index in [1.54, 1.807) is 36.4 Å². The van der Waals surface area contributed by atoms with Crippen LogP contribution in [-0.2, 0) is 16.4 Å². The highest BCUT2D eigenvalue weighted by atomic mass is 32.2. The van der Waals surface area contributed by atoms with Crippen LogP contribution < -0.4 is 18.5 Å². The number of sulfonamides is 1. The Bertz CT molecular complexity index is 1240. The van der Waals surface area contributed by atoms with Gasteiger partial charge in [0.15, 0.2) is 11.5 Å². The normalized spacial score (nSPS) is 12.9. The first-order valence-corrected chi connectivity index (χ1v) is 11.0. The van der Waals surface area contributed by atoms with E-state index in [4.69, 9.17) is 14.2 Å². The molecule has 0 radical (unpaired) electrons. The van der Waals surface area contributed by atoms with Crippen molar-refractivity contribution in [3.05, 3.63) is 77.9 Å². The maximum atomic E-state index is 13.3. The van der Waals surface area contributed by atoms with Gasteiger partial charge in [-0.2, -0.15) is 0 Å². The van der Waals surface area contributed by atoms with Crippen LogP contribution >= 0.6 is 0 Å². The van der Waals surface area contributed by atoms with E-state index in [2.05, 4.69) is 0 Å². The maximum Gasteiger partial charge on any atom is 0.347 e. The fourth-order valence-electron chi connectivity index (χ4n) is 3.55. The van der Waals surface area contributed by atoms with Crippen molar-refractivity contribution in [2.45, 2.75) is 11.3 Å². The van der Waals surface area contributed by atoms with Gasteiger partial charge in [0, 0.05) is 6.54 Å². The molecule has 7 nitrogen and oxygen atoms in total. The predicted octanol–water partition coefficient (Wildman–Crippen LogP) is 3.67. The molecular formula is C23H21NO6S. The number of anilines is 1. The summed E-state index contributed by atoms with van der Waals surface area (Å²) in [6, 6.07) is 18.2. The van der Waals surface area contributed by atoms with Crippen molar-refractivity contribution in [2.24, 2.45) is 0 Å². The number of benzene rings is 3. The van der Waals surface area contributed by atoms with E-state index >= 15 is 0 Å². The van der Waals surface area contributed by atoms with Crippen LogP contribution in [0.5, 0.6) is 17.2 Å². The number of para-hydroxylation sites is 3. The Kier molecular flexibility index (Phi) is 5.56. The van der Waals surface area contributed by atoms with Crippen LogP contribution in [0.2, 0.25) is 0 Å². The Morgan fingerprint density at radius 1 is 0.871 bits per heavy atom. The van der Waals surface area contributed by atoms with E-state index in [0.717, 1.165) is 5.56 Å². The summed E-state index contributed by atoms with van der Waals surface area (Å²) in [6.07, 6.45) is 0.633.